The Morgan fingerprint density at radius 1 is 1.21 bits per heavy atom. The molecule has 1 aromatic carbocycles. The van der Waals surface area contributed by atoms with Crippen LogP contribution in [0.25, 0.3) is 0 Å². The van der Waals surface area contributed by atoms with Gasteiger partial charge in [-0.3, -0.25) is 28.9 Å². The monoisotopic (exact) mass is 583 g/mol. The third kappa shape index (κ3) is 3.86. The molecular weight excluding hydrogens is 546 g/mol. The average molecular weight is 584 g/mol. The summed E-state index contributed by atoms with van der Waals surface area (Å²) in [5.74, 6) is -3.30. The minimum Gasteiger partial charge on any atom is -0.364 e. The number of carbonyl (C=O) groups excluding carboxylic acids is 3. The Labute approximate surface area is 250 Å². The summed E-state index contributed by atoms with van der Waals surface area (Å²) >= 11 is 0. The van der Waals surface area contributed by atoms with Crippen LogP contribution < -0.4 is 10.6 Å². The molecule has 5 aliphatic heterocycles. The minimum absolute atomic E-state index is 0.196. The molecular formula is C33H37N5O5. The predicted molar refractivity (Wildman–Crippen MR) is 156 cm³/mol. The van der Waals surface area contributed by atoms with E-state index in [1.54, 1.807) is 4.90 Å². The van der Waals surface area contributed by atoms with Gasteiger partial charge in [0.2, 0.25) is 17.5 Å². The summed E-state index contributed by atoms with van der Waals surface area (Å²) in [4.78, 5) is 47.0. The number of piperidine rings is 1. The molecule has 0 bridgehead atoms. The largest absolute Gasteiger partial charge is 0.364 e. The van der Waals surface area contributed by atoms with E-state index in [4.69, 9.17) is 4.74 Å². The van der Waals surface area contributed by atoms with Crippen LogP contribution in [0.2, 0.25) is 0 Å². The van der Waals surface area contributed by atoms with Crippen molar-refractivity contribution in [3.8, 4) is 0 Å². The number of hydrogen-bond donors (Lipinski definition) is 3. The van der Waals surface area contributed by atoms with Crippen LogP contribution in [-0.2, 0) is 25.5 Å². The maximum Gasteiger partial charge on any atom is 0.280 e. The number of amides is 3. The lowest BCUT2D eigenvalue weighted by Gasteiger charge is -2.48. The maximum atomic E-state index is 14.2. The van der Waals surface area contributed by atoms with Crippen LogP contribution in [0.15, 0.2) is 77.2 Å². The summed E-state index contributed by atoms with van der Waals surface area (Å²) in [7, 11) is 2.05. The van der Waals surface area contributed by atoms with Crippen LogP contribution in [-0.4, -0.2) is 87.4 Å². The number of piperazine rings is 1. The van der Waals surface area contributed by atoms with Gasteiger partial charge in [0.1, 0.15) is 12.1 Å². The van der Waals surface area contributed by atoms with Gasteiger partial charge >= 0.3 is 0 Å². The van der Waals surface area contributed by atoms with Crippen LogP contribution in [0.4, 0.5) is 0 Å². The number of likely N-dealkylation sites (tertiary alicyclic amines) is 1. The van der Waals surface area contributed by atoms with E-state index in [-0.39, 0.29) is 30.2 Å². The standard InChI is InChI=1S/C33H37N5O5/c1-32(35-29(39)21-15-23-22-10-6-11-24-28(22)20(17-34-24)16-25(23)36(2)18-21)31(41)38-26(14-19-8-4-3-5-9-19)30(40)37-13-7-12-27(37)33(38,42)43-32/h3-6,8-11,17,21,25-28,34,42H,7,12-16,18H2,1-2H3,(H,35,39)/t21-,25-,26?,27?,28?,32?,33?/m1/s1. The van der Waals surface area contributed by atoms with E-state index in [0.29, 0.717) is 32.4 Å². The van der Waals surface area contributed by atoms with Crippen molar-refractivity contribution in [3.05, 3.63) is 82.7 Å². The van der Waals surface area contributed by atoms with Crippen LogP contribution in [0.3, 0.4) is 0 Å². The normalized spacial score (nSPS) is 37.8. The maximum absolute atomic E-state index is 14.2. The SMILES string of the molecule is CN1C[C@H](C(=O)NC2(C)OC3(O)C4CCCN4C(=O)C(Cc4ccccc4)N3C2=O)CC2=C3C=CC=C4NC=C(C[C@H]21)C43. The fourth-order valence-electron chi connectivity index (χ4n) is 8.59. The van der Waals surface area contributed by atoms with Crippen molar-refractivity contribution in [2.24, 2.45) is 11.8 Å². The summed E-state index contributed by atoms with van der Waals surface area (Å²) in [6.45, 7) is 2.54. The molecule has 0 spiro atoms. The minimum atomic E-state index is -2.03. The quantitative estimate of drug-likeness (QED) is 0.493. The molecule has 0 saturated carbocycles. The van der Waals surface area contributed by atoms with Gasteiger partial charge in [0.25, 0.3) is 11.8 Å². The van der Waals surface area contributed by atoms with E-state index < -0.39 is 35.5 Å². The number of aliphatic hydroxyl groups is 1. The first-order valence-electron chi connectivity index (χ1n) is 15.4. The van der Waals surface area contributed by atoms with Crippen molar-refractivity contribution in [3.63, 3.8) is 0 Å². The van der Waals surface area contributed by atoms with E-state index in [1.807, 2.05) is 37.4 Å². The zero-order valence-electron chi connectivity index (χ0n) is 24.5. The van der Waals surface area contributed by atoms with Gasteiger partial charge in [-0.25, -0.2) is 0 Å². The second-order valence-corrected chi connectivity index (χ2v) is 13.2. The number of benzene rings is 1. The third-order valence-corrected chi connectivity index (χ3v) is 10.6. The Bertz CT molecular complexity index is 1550. The molecule has 43 heavy (non-hydrogen) atoms. The Kier molecular flexibility index (Phi) is 5.86. The van der Waals surface area contributed by atoms with Gasteiger partial charge in [-0.1, -0.05) is 42.5 Å². The van der Waals surface area contributed by atoms with Crippen LogP contribution in [0.1, 0.15) is 38.2 Å². The highest BCUT2D eigenvalue weighted by molar-refractivity contribution is 5.97. The van der Waals surface area contributed by atoms with Crippen molar-refractivity contribution in [1.29, 1.82) is 0 Å². The predicted octanol–water partition coefficient (Wildman–Crippen LogP) is 1.52. The Morgan fingerprint density at radius 3 is 2.84 bits per heavy atom. The van der Waals surface area contributed by atoms with E-state index in [9.17, 15) is 19.5 Å². The van der Waals surface area contributed by atoms with Crippen molar-refractivity contribution >= 4 is 17.7 Å². The molecule has 4 saturated heterocycles. The molecule has 3 N–H and O–H groups in total. The molecule has 224 valence electrons. The highest BCUT2D eigenvalue weighted by atomic mass is 16.7. The average Bonchev–Trinajstić information content (AvgIpc) is 3.70. The zero-order chi connectivity index (χ0) is 29.7. The second kappa shape index (κ2) is 9.38. The summed E-state index contributed by atoms with van der Waals surface area (Å²) < 4.78 is 6.25. The van der Waals surface area contributed by atoms with E-state index >= 15 is 0 Å². The molecule has 1 aromatic rings. The number of likely N-dealkylation sites (N-methyl/N-ethyl adjacent to an activating group) is 1. The Morgan fingerprint density at radius 2 is 2.02 bits per heavy atom. The number of carbonyl (C=O) groups is 3. The topological polar surface area (TPSA) is 114 Å². The van der Waals surface area contributed by atoms with Gasteiger partial charge in [-0.05, 0) is 68.0 Å². The molecule has 5 unspecified atom stereocenters. The van der Waals surface area contributed by atoms with Gasteiger partial charge in [0.05, 0.1) is 5.92 Å². The first kappa shape index (κ1) is 26.9. The van der Waals surface area contributed by atoms with Gasteiger partial charge < -0.3 is 20.6 Å². The van der Waals surface area contributed by atoms with Gasteiger partial charge in [0.15, 0.2) is 0 Å². The summed E-state index contributed by atoms with van der Waals surface area (Å²) in [6.07, 6.45) is 11.4. The van der Waals surface area contributed by atoms with Crippen molar-refractivity contribution < 1.29 is 24.2 Å². The molecule has 0 radical (unpaired) electrons. The number of nitrogens with zero attached hydrogens (tertiary/aromatic N) is 3. The fourth-order valence-corrected chi connectivity index (χ4v) is 8.59. The first-order chi connectivity index (χ1) is 20.7. The molecule has 0 aromatic heterocycles. The van der Waals surface area contributed by atoms with Crippen LogP contribution in [0, 0.1) is 11.8 Å². The smallest absolute Gasteiger partial charge is 0.280 e. The molecule has 10 heteroatoms. The zero-order valence-corrected chi connectivity index (χ0v) is 24.5. The lowest BCUT2D eigenvalue weighted by molar-refractivity contribution is -0.315. The molecule has 8 rings (SSSR count). The molecule has 5 heterocycles. The molecule has 4 fully saturated rings. The van der Waals surface area contributed by atoms with Gasteiger partial charge in [-0.2, -0.15) is 0 Å². The van der Waals surface area contributed by atoms with Crippen molar-refractivity contribution in [1.82, 2.24) is 25.3 Å². The lowest BCUT2D eigenvalue weighted by atomic mass is 9.70. The molecule has 2 aliphatic carbocycles. The van der Waals surface area contributed by atoms with Crippen LogP contribution in [0.5, 0.6) is 0 Å². The summed E-state index contributed by atoms with van der Waals surface area (Å²) in [6, 6.07) is 8.06. The second-order valence-electron chi connectivity index (χ2n) is 13.2. The van der Waals surface area contributed by atoms with Gasteiger partial charge in [0, 0.05) is 43.4 Å². The number of ether oxygens (including phenoxy) is 1. The number of rotatable bonds is 4. The van der Waals surface area contributed by atoms with Gasteiger partial charge in [-0.15, -0.1) is 0 Å². The summed E-state index contributed by atoms with van der Waals surface area (Å²) in [5.41, 5.74) is 4.12. The number of allylic oxidation sites excluding steroid dienone is 4. The highest BCUT2D eigenvalue weighted by Gasteiger charge is 2.70. The first-order valence-corrected chi connectivity index (χ1v) is 15.4. The van der Waals surface area contributed by atoms with Crippen LogP contribution >= 0.6 is 0 Å². The van der Waals surface area contributed by atoms with Crippen molar-refractivity contribution in [2.75, 3.05) is 20.1 Å². The summed E-state index contributed by atoms with van der Waals surface area (Å²) in [5, 5.41) is 18.4. The van der Waals surface area contributed by atoms with E-state index in [0.717, 1.165) is 12.0 Å². The van der Waals surface area contributed by atoms with E-state index in [2.05, 4.69) is 40.0 Å². The molecule has 7 aliphatic rings. The lowest BCUT2D eigenvalue weighted by Crippen LogP contribution is -2.71. The number of nitrogens with one attached hydrogen (secondary N) is 2. The number of fused-ring (bicyclic) bond motifs is 4. The molecule has 3 amide bonds. The van der Waals surface area contributed by atoms with Crippen molar-refractivity contribution in [2.45, 2.75) is 68.8 Å². The number of hydrogen-bond acceptors (Lipinski definition) is 7. The molecule has 7 atom stereocenters. The Hall–Kier alpha value is -3.73. The third-order valence-electron chi connectivity index (χ3n) is 10.6. The van der Waals surface area contributed by atoms with E-state index in [1.165, 1.54) is 34.2 Å². The fraction of sp³-hybridized carbons (Fsp3) is 0.485. The molecule has 10 nitrogen and oxygen atoms in total. The Balaban J connectivity index is 1.08. The highest BCUT2D eigenvalue weighted by Crippen LogP contribution is 2.49.